The molecule has 2 fully saturated rings. The third-order valence-electron chi connectivity index (χ3n) is 5.78. The van der Waals surface area contributed by atoms with Crippen molar-refractivity contribution in [3.63, 3.8) is 0 Å². The topological polar surface area (TPSA) is 147 Å². The Morgan fingerprint density at radius 3 is 2.72 bits per heavy atom. The minimum Gasteiger partial charge on any atom is -0.348 e. The van der Waals surface area contributed by atoms with Gasteiger partial charge in [0.2, 0.25) is 11.8 Å². The van der Waals surface area contributed by atoms with E-state index >= 15 is 0 Å². The first kappa shape index (κ1) is 21.3. The molecule has 5 amide bonds. The fourth-order valence-corrected chi connectivity index (χ4v) is 4.93. The molecule has 2 aliphatic rings. The maximum Gasteiger partial charge on any atom is 0.421 e. The number of likely N-dealkylation sites (tertiary alicyclic amines) is 1. The summed E-state index contributed by atoms with van der Waals surface area (Å²) in [4.78, 5) is 57.5. The summed E-state index contributed by atoms with van der Waals surface area (Å²) in [5.74, 6) is -0.694. The fourth-order valence-electron chi connectivity index (χ4n) is 4.00. The van der Waals surface area contributed by atoms with Crippen molar-refractivity contribution in [2.24, 2.45) is 5.73 Å². The Morgan fingerprint density at radius 2 is 2.17 bits per heavy atom. The number of urea groups is 1. The molecule has 0 radical (unpaired) electrons. The summed E-state index contributed by atoms with van der Waals surface area (Å²) in [6.07, 6.45) is 4.60. The van der Waals surface area contributed by atoms with E-state index in [2.05, 4.69) is 20.6 Å². The molecule has 11 heteroatoms. The average molecular weight is 424 g/mol. The van der Waals surface area contributed by atoms with Gasteiger partial charge in [0, 0.05) is 36.9 Å². The number of H-pyrrole nitrogens is 1. The molecule has 2 saturated heterocycles. The van der Waals surface area contributed by atoms with Gasteiger partial charge < -0.3 is 21.4 Å². The minimum atomic E-state index is -0.975. The van der Waals surface area contributed by atoms with Crippen molar-refractivity contribution < 1.29 is 23.7 Å². The highest BCUT2D eigenvalue weighted by Gasteiger charge is 2.54. The van der Waals surface area contributed by atoms with Crippen molar-refractivity contribution in [3.05, 3.63) is 18.2 Å². The summed E-state index contributed by atoms with van der Waals surface area (Å²) in [6.45, 7) is 3.91. The van der Waals surface area contributed by atoms with E-state index in [9.17, 15) is 19.2 Å². The number of hydrogen-bond donors (Lipinski definition) is 4. The lowest BCUT2D eigenvalue weighted by Gasteiger charge is -2.34. The van der Waals surface area contributed by atoms with E-state index in [1.807, 2.05) is 6.92 Å². The largest absolute Gasteiger partial charge is 0.421 e. The van der Waals surface area contributed by atoms with Gasteiger partial charge in [0.15, 0.2) is 6.04 Å². The summed E-state index contributed by atoms with van der Waals surface area (Å²) in [5, 5.41) is 5.20. The monoisotopic (exact) mass is 423 g/mol. The van der Waals surface area contributed by atoms with E-state index in [1.165, 1.54) is 18.1 Å². The second kappa shape index (κ2) is 8.54. The van der Waals surface area contributed by atoms with Crippen molar-refractivity contribution >= 4 is 35.5 Å². The second-order valence-electron chi connectivity index (χ2n) is 7.64. The number of quaternary nitrogens is 1. The lowest BCUT2D eigenvalue weighted by atomic mass is 10.1. The number of carbonyl (C=O) groups excluding carboxylic acids is 4. The number of aromatic nitrogens is 2. The predicted molar refractivity (Wildman–Crippen MR) is 106 cm³/mol. The Balaban J connectivity index is 1.83. The Labute approximate surface area is 173 Å². The third kappa shape index (κ3) is 4.15. The van der Waals surface area contributed by atoms with Gasteiger partial charge in [-0.05, 0) is 13.8 Å². The number of amides is 5. The first-order valence-electron chi connectivity index (χ1n) is 9.67. The van der Waals surface area contributed by atoms with E-state index in [4.69, 9.17) is 5.73 Å². The fraction of sp³-hybridized carbons (Fsp3) is 0.611. The maximum absolute atomic E-state index is 13.5. The molecule has 1 aromatic heterocycles. The Bertz CT molecular complexity index is 800. The molecule has 10 nitrogen and oxygen atoms in total. The Kier molecular flexibility index (Phi) is 6.27. The van der Waals surface area contributed by atoms with Crippen LogP contribution in [0, 0.1) is 0 Å². The van der Waals surface area contributed by atoms with Gasteiger partial charge in [-0.1, -0.05) is 0 Å². The molecule has 0 saturated carbocycles. The van der Waals surface area contributed by atoms with Crippen LogP contribution in [0.1, 0.15) is 32.4 Å². The van der Waals surface area contributed by atoms with Crippen LogP contribution < -0.4 is 16.4 Å². The molecule has 2 aliphatic heterocycles. The van der Waals surface area contributed by atoms with Crippen molar-refractivity contribution in [1.29, 1.82) is 0 Å². The molecule has 0 aliphatic carbocycles. The smallest absolute Gasteiger partial charge is 0.348 e. The van der Waals surface area contributed by atoms with E-state index in [0.29, 0.717) is 30.8 Å². The van der Waals surface area contributed by atoms with Gasteiger partial charge in [-0.15, -0.1) is 11.8 Å². The van der Waals surface area contributed by atoms with E-state index < -0.39 is 34.4 Å². The zero-order chi connectivity index (χ0) is 21.2. The van der Waals surface area contributed by atoms with Gasteiger partial charge in [-0.25, -0.2) is 14.6 Å². The number of nitrogens with zero attached hydrogens (tertiary/aromatic N) is 2. The van der Waals surface area contributed by atoms with Crippen LogP contribution >= 0.6 is 11.8 Å². The molecule has 3 heterocycles. The molecule has 1 aromatic rings. The molecular formula is C18H27N6O4S+. The Hall–Kier alpha value is -2.40. The molecule has 3 rings (SSSR count). The lowest BCUT2D eigenvalue weighted by Crippen LogP contribution is -2.67. The van der Waals surface area contributed by atoms with Gasteiger partial charge in [-0.2, -0.15) is 4.48 Å². The zero-order valence-corrected chi connectivity index (χ0v) is 17.3. The molecule has 0 bridgehead atoms. The summed E-state index contributed by atoms with van der Waals surface area (Å²) in [5.41, 5.74) is 6.31. The van der Waals surface area contributed by atoms with Crippen LogP contribution in [-0.2, 0) is 20.8 Å². The molecule has 0 spiro atoms. The van der Waals surface area contributed by atoms with Crippen LogP contribution in [0.2, 0.25) is 0 Å². The van der Waals surface area contributed by atoms with Crippen molar-refractivity contribution in [2.45, 2.75) is 56.5 Å². The quantitative estimate of drug-likeness (QED) is 0.477. The van der Waals surface area contributed by atoms with E-state index in [1.54, 1.807) is 13.1 Å². The lowest BCUT2D eigenvalue weighted by molar-refractivity contribution is -0.784. The number of nitrogens with one attached hydrogen (secondary N) is 3. The van der Waals surface area contributed by atoms with E-state index in [0.717, 1.165) is 0 Å². The zero-order valence-electron chi connectivity index (χ0n) is 16.5. The first-order valence-corrected chi connectivity index (χ1v) is 10.7. The molecule has 158 valence electrons. The highest BCUT2D eigenvalue weighted by Crippen LogP contribution is 2.29. The van der Waals surface area contributed by atoms with Gasteiger partial charge in [0.25, 0.3) is 0 Å². The van der Waals surface area contributed by atoms with Crippen molar-refractivity contribution in [1.82, 2.24) is 20.6 Å². The summed E-state index contributed by atoms with van der Waals surface area (Å²) in [6, 6.07) is -2.68. The molecule has 5 N–H and O–H groups in total. The number of hydrogen-bond acceptors (Lipinski definition) is 6. The predicted octanol–water partition coefficient (Wildman–Crippen LogP) is -0.338. The number of imide groups is 1. The third-order valence-corrected chi connectivity index (χ3v) is 7.02. The standard InChI is InChI=1S/C18H26N6O4S/c1-10-4-3-5-24(10,18(19)28)17(27)13(6-12-7-20-9-21-12)22-16(26)14-8-29-11(2)15(25)23-14/h7,9-11,13-14H,3-6,8H2,1-2H3,(H4-,19,20,21,22,23,25,26,28)/p+1/t10-,11?,13+,14?,24?/m1/s1. The van der Waals surface area contributed by atoms with Gasteiger partial charge in [0.05, 0.1) is 18.1 Å². The Morgan fingerprint density at radius 1 is 1.41 bits per heavy atom. The molecule has 0 aromatic carbocycles. The number of rotatable bonds is 5. The minimum absolute atomic E-state index is 0.148. The number of nitrogens with two attached hydrogens (primary N) is 1. The number of carbonyl (C=O) groups is 4. The van der Waals surface area contributed by atoms with Crippen LogP contribution in [0.15, 0.2) is 12.5 Å². The maximum atomic E-state index is 13.5. The second-order valence-corrected chi connectivity index (χ2v) is 9.01. The molecule has 5 atom stereocenters. The average Bonchev–Trinajstić information content (AvgIpc) is 3.32. The highest BCUT2D eigenvalue weighted by atomic mass is 32.2. The van der Waals surface area contributed by atoms with Crippen LogP contribution in [0.5, 0.6) is 0 Å². The molecule has 3 unspecified atom stereocenters. The van der Waals surface area contributed by atoms with Crippen LogP contribution in [0.25, 0.3) is 0 Å². The van der Waals surface area contributed by atoms with Crippen LogP contribution in [0.4, 0.5) is 4.79 Å². The van der Waals surface area contributed by atoms with Crippen molar-refractivity contribution in [2.75, 3.05) is 12.3 Å². The normalized spacial score (nSPS) is 30.4. The molecule has 29 heavy (non-hydrogen) atoms. The SMILES string of the molecule is CC1SCC(C(=O)N[C@@H](Cc2cnc[nH]2)C(=O)[N+]2(C(N)=O)CCC[C@H]2C)NC1=O. The van der Waals surface area contributed by atoms with Crippen LogP contribution in [-0.4, -0.2) is 73.9 Å². The molecular weight excluding hydrogens is 396 g/mol. The first-order chi connectivity index (χ1) is 13.8. The summed E-state index contributed by atoms with van der Waals surface area (Å²) in [7, 11) is 0. The summed E-state index contributed by atoms with van der Waals surface area (Å²) >= 11 is 1.38. The van der Waals surface area contributed by atoms with Crippen molar-refractivity contribution in [3.8, 4) is 0 Å². The number of thioether (sulfide) groups is 1. The van der Waals surface area contributed by atoms with Crippen LogP contribution in [0.3, 0.4) is 0 Å². The van der Waals surface area contributed by atoms with Gasteiger partial charge >= 0.3 is 11.9 Å². The number of aromatic amines is 1. The highest BCUT2D eigenvalue weighted by molar-refractivity contribution is 8.00. The number of imidazole rings is 1. The summed E-state index contributed by atoms with van der Waals surface area (Å²) < 4.78 is -0.484. The number of primary amides is 1. The van der Waals surface area contributed by atoms with Gasteiger partial charge in [0.1, 0.15) is 12.1 Å². The van der Waals surface area contributed by atoms with E-state index in [-0.39, 0.29) is 23.6 Å². The van der Waals surface area contributed by atoms with Gasteiger partial charge in [-0.3, -0.25) is 9.59 Å².